The molecule has 0 radical (unpaired) electrons. The normalized spacial score (nSPS) is 21.0. The Morgan fingerprint density at radius 3 is 2.47 bits per heavy atom. The van der Waals surface area contributed by atoms with E-state index in [1.807, 2.05) is 0 Å². The van der Waals surface area contributed by atoms with Gasteiger partial charge in [-0.3, -0.25) is 0 Å². The quantitative estimate of drug-likeness (QED) is 0.715. The molecule has 1 fully saturated rings. The van der Waals surface area contributed by atoms with Gasteiger partial charge >= 0.3 is 0 Å². The first-order chi connectivity index (χ1) is 6.95. The van der Waals surface area contributed by atoms with Gasteiger partial charge in [0.05, 0.1) is 6.07 Å². The van der Waals surface area contributed by atoms with Gasteiger partial charge in [-0.15, -0.1) is 0 Å². The molecule has 1 aliphatic carbocycles. The van der Waals surface area contributed by atoms with E-state index in [1.54, 1.807) is 6.07 Å². The van der Waals surface area contributed by atoms with Gasteiger partial charge in [0.25, 0.3) is 0 Å². The van der Waals surface area contributed by atoms with Crippen molar-refractivity contribution >= 4 is 10.0 Å². The van der Waals surface area contributed by atoms with E-state index in [-0.39, 0.29) is 6.04 Å². The summed E-state index contributed by atoms with van der Waals surface area (Å²) in [5.41, 5.74) is 5.56. The smallest absolute Gasteiger partial charge is 0.230 e. The van der Waals surface area contributed by atoms with E-state index in [2.05, 4.69) is 0 Å². The summed E-state index contributed by atoms with van der Waals surface area (Å²) < 4.78 is 25.0. The molecule has 0 heterocycles. The molecule has 1 saturated carbocycles. The highest BCUT2D eigenvalue weighted by Gasteiger charge is 2.39. The zero-order valence-corrected chi connectivity index (χ0v) is 9.87. The molecule has 0 spiro atoms. The summed E-state index contributed by atoms with van der Waals surface area (Å²) in [6.45, 7) is 1.71. The van der Waals surface area contributed by atoms with Gasteiger partial charge in [0.2, 0.25) is 10.0 Å². The maximum atomic E-state index is 11.8. The minimum atomic E-state index is -3.51. The lowest BCUT2D eigenvalue weighted by molar-refractivity contribution is 0.339. The minimum absolute atomic E-state index is 0.147. The van der Waals surface area contributed by atoms with E-state index in [4.69, 9.17) is 11.0 Å². The molecule has 0 aromatic rings. The van der Waals surface area contributed by atoms with Crippen molar-refractivity contribution in [3.63, 3.8) is 0 Å². The zero-order chi connectivity index (χ0) is 11.6. The second-order valence-electron chi connectivity index (χ2n) is 3.97. The van der Waals surface area contributed by atoms with E-state index in [9.17, 15) is 8.42 Å². The van der Waals surface area contributed by atoms with Crippen LogP contribution in [-0.2, 0) is 10.0 Å². The first kappa shape index (κ1) is 12.4. The van der Waals surface area contributed by atoms with Gasteiger partial charge in [0, 0.05) is 19.6 Å². The fourth-order valence-electron chi connectivity index (χ4n) is 1.62. The van der Waals surface area contributed by atoms with Gasteiger partial charge < -0.3 is 5.73 Å². The first-order valence-corrected chi connectivity index (χ1v) is 6.52. The topological polar surface area (TPSA) is 87.2 Å². The number of likely N-dealkylation sites (N-methyl/N-ethyl adjacent to an activating group) is 1. The lowest BCUT2D eigenvalue weighted by atomic mass is 10.2. The van der Waals surface area contributed by atoms with Gasteiger partial charge in [0.1, 0.15) is 0 Å². The van der Waals surface area contributed by atoms with Crippen molar-refractivity contribution in [2.45, 2.75) is 31.1 Å². The van der Waals surface area contributed by atoms with Gasteiger partial charge in [-0.25, -0.2) is 8.42 Å². The Balaban J connectivity index is 2.82. The van der Waals surface area contributed by atoms with E-state index in [0.29, 0.717) is 12.5 Å². The molecule has 1 aliphatic rings. The fraction of sp³-hybridized carbons (Fsp3) is 0.889. The molecule has 2 N–H and O–H groups in total. The third-order valence-corrected chi connectivity index (χ3v) is 4.98. The molecule has 15 heavy (non-hydrogen) atoms. The van der Waals surface area contributed by atoms with Crippen molar-refractivity contribution < 1.29 is 8.42 Å². The molecule has 86 valence electrons. The van der Waals surface area contributed by atoms with Crippen LogP contribution in [0, 0.1) is 17.2 Å². The monoisotopic (exact) mass is 231 g/mol. The predicted octanol–water partition coefficient (Wildman–Crippen LogP) is -0.103. The van der Waals surface area contributed by atoms with E-state index in [1.165, 1.54) is 18.3 Å². The summed E-state index contributed by atoms with van der Waals surface area (Å²) in [6.07, 6.45) is 2.06. The number of nitrogens with zero attached hydrogens (tertiary/aromatic N) is 2. The summed E-state index contributed by atoms with van der Waals surface area (Å²) in [5, 5.41) is 7.64. The summed E-state index contributed by atoms with van der Waals surface area (Å²) in [5.74, 6) is 0.376. The highest BCUT2D eigenvalue weighted by molar-refractivity contribution is 7.89. The molecule has 0 aromatic heterocycles. The van der Waals surface area contributed by atoms with Crippen LogP contribution in [0.4, 0.5) is 0 Å². The van der Waals surface area contributed by atoms with Gasteiger partial charge in [-0.1, -0.05) is 0 Å². The number of nitriles is 1. The van der Waals surface area contributed by atoms with Crippen LogP contribution in [0.1, 0.15) is 19.8 Å². The summed E-state index contributed by atoms with van der Waals surface area (Å²) in [4.78, 5) is 0. The van der Waals surface area contributed by atoms with Crippen molar-refractivity contribution in [3.8, 4) is 6.07 Å². The van der Waals surface area contributed by atoms with Crippen LogP contribution in [0.5, 0.6) is 0 Å². The SMILES string of the molecule is CC(C#N)S(=O)(=O)N(C)C(CN)C1CC1. The van der Waals surface area contributed by atoms with Crippen LogP contribution in [0.3, 0.4) is 0 Å². The molecule has 1 rings (SSSR count). The van der Waals surface area contributed by atoms with Crippen molar-refractivity contribution in [1.82, 2.24) is 4.31 Å². The third kappa shape index (κ3) is 2.48. The summed E-state index contributed by atoms with van der Waals surface area (Å²) in [7, 11) is -2.00. The molecule has 0 amide bonds. The van der Waals surface area contributed by atoms with Crippen LogP contribution in [0.15, 0.2) is 0 Å². The van der Waals surface area contributed by atoms with Gasteiger partial charge in [-0.05, 0) is 25.7 Å². The Labute approximate surface area is 90.9 Å². The molecule has 2 atom stereocenters. The predicted molar refractivity (Wildman–Crippen MR) is 57.3 cm³/mol. The summed E-state index contributed by atoms with van der Waals surface area (Å²) in [6, 6.07) is 1.61. The number of hydrogen-bond donors (Lipinski definition) is 1. The molecule has 5 nitrogen and oxygen atoms in total. The Morgan fingerprint density at radius 1 is 1.60 bits per heavy atom. The molecule has 0 saturated heterocycles. The number of hydrogen-bond acceptors (Lipinski definition) is 4. The Morgan fingerprint density at radius 2 is 2.13 bits per heavy atom. The van der Waals surface area contributed by atoms with Crippen LogP contribution < -0.4 is 5.73 Å². The molecule has 2 unspecified atom stereocenters. The second-order valence-corrected chi connectivity index (χ2v) is 6.29. The minimum Gasteiger partial charge on any atom is -0.329 e. The Bertz CT molecular complexity index is 356. The molecule has 0 bridgehead atoms. The van der Waals surface area contributed by atoms with Crippen LogP contribution in [0.25, 0.3) is 0 Å². The first-order valence-electron chi connectivity index (χ1n) is 5.01. The van der Waals surface area contributed by atoms with Gasteiger partial charge in [0.15, 0.2) is 5.25 Å². The number of sulfonamides is 1. The Hall–Kier alpha value is -0.640. The van der Waals surface area contributed by atoms with Crippen molar-refractivity contribution in [2.75, 3.05) is 13.6 Å². The molecule has 0 aromatic carbocycles. The van der Waals surface area contributed by atoms with Gasteiger partial charge in [-0.2, -0.15) is 9.57 Å². The van der Waals surface area contributed by atoms with E-state index >= 15 is 0 Å². The maximum Gasteiger partial charge on any atom is 0.230 e. The molecular weight excluding hydrogens is 214 g/mol. The fourth-order valence-corrected chi connectivity index (χ4v) is 2.89. The van der Waals surface area contributed by atoms with Crippen LogP contribution in [-0.4, -0.2) is 37.6 Å². The lowest BCUT2D eigenvalue weighted by Gasteiger charge is -2.27. The number of rotatable bonds is 5. The molecular formula is C9H17N3O2S. The van der Waals surface area contributed by atoms with E-state index in [0.717, 1.165) is 12.8 Å². The van der Waals surface area contributed by atoms with Crippen LogP contribution in [0.2, 0.25) is 0 Å². The second kappa shape index (κ2) is 4.47. The average Bonchev–Trinajstić information content (AvgIpc) is 3.01. The highest BCUT2D eigenvalue weighted by Crippen LogP contribution is 2.35. The van der Waals surface area contributed by atoms with Crippen molar-refractivity contribution in [1.29, 1.82) is 5.26 Å². The maximum absolute atomic E-state index is 11.8. The largest absolute Gasteiger partial charge is 0.329 e. The number of nitrogens with two attached hydrogens (primary N) is 1. The average molecular weight is 231 g/mol. The summed E-state index contributed by atoms with van der Waals surface area (Å²) >= 11 is 0. The van der Waals surface area contributed by atoms with Crippen molar-refractivity contribution in [2.24, 2.45) is 11.7 Å². The van der Waals surface area contributed by atoms with E-state index < -0.39 is 15.3 Å². The highest BCUT2D eigenvalue weighted by atomic mass is 32.2. The zero-order valence-electron chi connectivity index (χ0n) is 9.05. The molecule has 6 heteroatoms. The Kier molecular flexibility index (Phi) is 3.71. The third-order valence-electron chi connectivity index (χ3n) is 2.90. The standard InChI is InChI=1S/C9H17N3O2S/c1-7(5-10)15(13,14)12(2)9(6-11)8-3-4-8/h7-9H,3-4,6,11H2,1-2H3. The lowest BCUT2D eigenvalue weighted by Crippen LogP contribution is -2.46. The van der Waals surface area contributed by atoms with Crippen LogP contribution >= 0.6 is 0 Å². The molecule has 0 aliphatic heterocycles. The van der Waals surface area contributed by atoms with Crippen molar-refractivity contribution in [3.05, 3.63) is 0 Å².